The fourth-order valence-corrected chi connectivity index (χ4v) is 5.38. The van der Waals surface area contributed by atoms with Crippen LogP contribution in [0.5, 0.6) is 0 Å². The van der Waals surface area contributed by atoms with Crippen molar-refractivity contribution in [1.29, 1.82) is 0 Å². The van der Waals surface area contributed by atoms with Crippen molar-refractivity contribution in [3.8, 4) is 0 Å². The third-order valence-electron chi connectivity index (χ3n) is 7.58. The lowest BCUT2D eigenvalue weighted by Crippen LogP contribution is -2.41. The second kappa shape index (κ2) is 9.94. The summed E-state index contributed by atoms with van der Waals surface area (Å²) in [6.07, 6.45) is 3.45. The molecule has 1 aliphatic rings. The number of aromatic nitrogens is 1. The van der Waals surface area contributed by atoms with Gasteiger partial charge in [-0.25, -0.2) is 4.79 Å². The highest BCUT2D eigenvalue weighted by molar-refractivity contribution is 6.16. The summed E-state index contributed by atoms with van der Waals surface area (Å²) in [7, 11) is 0. The van der Waals surface area contributed by atoms with E-state index in [9.17, 15) is 14.7 Å². The quantitative estimate of drug-likeness (QED) is 0.147. The van der Waals surface area contributed by atoms with Gasteiger partial charge in [-0.1, -0.05) is 41.9 Å². The molecule has 0 atom stereocenters. The standard InChI is InChI=1S/C31H32N2O4/c1-4-33-27-14-12-22(21(3)32-37-30(35)31(36)16-8-5-9-17-31)18-25(27)26-19-23(13-15-28(26)33)29(34)24-11-7-6-10-20(24)2/h6-7,10-15,18-19,36H,4-5,8-9,16-17H2,1-3H3. The number of carbonyl (C=O) groups excluding carboxylic acids is 2. The van der Waals surface area contributed by atoms with Crippen LogP contribution in [0.15, 0.2) is 65.8 Å². The number of aryl methyl sites for hydroxylation is 2. The molecule has 5 rings (SSSR count). The number of oxime groups is 1. The number of nitrogens with zero attached hydrogens (tertiary/aromatic N) is 2. The largest absolute Gasteiger partial charge is 0.378 e. The second-order valence-corrected chi connectivity index (χ2v) is 10.00. The average molecular weight is 497 g/mol. The molecule has 0 saturated heterocycles. The van der Waals surface area contributed by atoms with Crippen molar-refractivity contribution in [3.63, 3.8) is 0 Å². The van der Waals surface area contributed by atoms with Crippen LogP contribution < -0.4 is 0 Å². The Bertz CT molecular complexity index is 1540. The first-order valence-electron chi connectivity index (χ1n) is 13.0. The lowest BCUT2D eigenvalue weighted by molar-refractivity contribution is -0.168. The molecule has 1 aromatic heterocycles. The number of aliphatic hydroxyl groups is 1. The van der Waals surface area contributed by atoms with Crippen molar-refractivity contribution in [2.75, 3.05) is 0 Å². The maximum Gasteiger partial charge on any atom is 0.366 e. The minimum Gasteiger partial charge on any atom is -0.378 e. The first-order chi connectivity index (χ1) is 17.8. The second-order valence-electron chi connectivity index (χ2n) is 10.00. The maximum absolute atomic E-state index is 13.3. The van der Waals surface area contributed by atoms with E-state index in [0.717, 1.165) is 58.7 Å². The molecule has 1 heterocycles. The SMILES string of the molecule is CCn1c2ccc(C(=O)c3ccccc3C)cc2c2cc(C(C)=NOC(=O)C3(O)CCCCC3)ccc21. The van der Waals surface area contributed by atoms with Crippen LogP contribution in [0.25, 0.3) is 21.8 Å². The zero-order chi connectivity index (χ0) is 26.2. The van der Waals surface area contributed by atoms with Crippen LogP contribution in [-0.2, 0) is 16.2 Å². The molecule has 1 fully saturated rings. The van der Waals surface area contributed by atoms with E-state index in [0.29, 0.717) is 29.7 Å². The van der Waals surface area contributed by atoms with Crippen molar-refractivity contribution >= 4 is 39.3 Å². The van der Waals surface area contributed by atoms with E-state index in [2.05, 4.69) is 16.6 Å². The van der Waals surface area contributed by atoms with E-state index in [1.807, 2.05) is 67.6 Å². The van der Waals surface area contributed by atoms with E-state index in [-0.39, 0.29) is 5.78 Å². The molecule has 4 aromatic rings. The van der Waals surface area contributed by atoms with Crippen LogP contribution in [0.3, 0.4) is 0 Å². The summed E-state index contributed by atoms with van der Waals surface area (Å²) in [5.74, 6) is -0.687. The topological polar surface area (TPSA) is 80.9 Å². The van der Waals surface area contributed by atoms with Gasteiger partial charge < -0.3 is 14.5 Å². The molecule has 1 saturated carbocycles. The van der Waals surface area contributed by atoms with Crippen molar-refractivity contribution in [2.24, 2.45) is 5.16 Å². The average Bonchev–Trinajstić information content (AvgIpc) is 3.24. The van der Waals surface area contributed by atoms with Crippen molar-refractivity contribution in [3.05, 3.63) is 82.9 Å². The first kappa shape index (κ1) is 24.9. The minimum atomic E-state index is -1.44. The molecule has 0 radical (unpaired) electrons. The lowest BCUT2D eigenvalue weighted by Gasteiger charge is -2.28. The number of benzene rings is 3. The van der Waals surface area contributed by atoms with E-state index in [1.54, 1.807) is 6.92 Å². The molecular weight excluding hydrogens is 464 g/mol. The van der Waals surface area contributed by atoms with Gasteiger partial charge >= 0.3 is 5.97 Å². The van der Waals surface area contributed by atoms with Crippen molar-refractivity contribution in [1.82, 2.24) is 4.57 Å². The number of hydrogen-bond acceptors (Lipinski definition) is 5. The van der Waals surface area contributed by atoms with E-state index in [1.165, 1.54) is 0 Å². The number of hydrogen-bond donors (Lipinski definition) is 1. The summed E-state index contributed by atoms with van der Waals surface area (Å²) < 4.78 is 2.22. The van der Waals surface area contributed by atoms with E-state index in [4.69, 9.17) is 4.84 Å². The Balaban J connectivity index is 1.52. The number of fused-ring (bicyclic) bond motifs is 3. The molecule has 0 unspecified atom stereocenters. The van der Waals surface area contributed by atoms with Gasteiger partial charge in [-0.05, 0) is 87.9 Å². The highest BCUT2D eigenvalue weighted by atomic mass is 16.7. The molecule has 1 aliphatic carbocycles. The molecule has 190 valence electrons. The van der Waals surface area contributed by atoms with Gasteiger partial charge in [0.1, 0.15) is 0 Å². The Hall–Kier alpha value is -3.77. The zero-order valence-electron chi connectivity index (χ0n) is 21.6. The summed E-state index contributed by atoms with van der Waals surface area (Å²) >= 11 is 0. The molecule has 0 amide bonds. The Kier molecular flexibility index (Phi) is 6.69. The first-order valence-corrected chi connectivity index (χ1v) is 13.0. The van der Waals surface area contributed by atoms with Gasteiger partial charge in [0.25, 0.3) is 0 Å². The van der Waals surface area contributed by atoms with Gasteiger partial charge in [0.05, 0.1) is 5.71 Å². The smallest absolute Gasteiger partial charge is 0.366 e. The molecule has 0 spiro atoms. The fraction of sp³-hybridized carbons (Fsp3) is 0.323. The molecule has 1 N–H and O–H groups in total. The third-order valence-corrected chi connectivity index (χ3v) is 7.58. The molecule has 6 nitrogen and oxygen atoms in total. The predicted molar refractivity (Wildman–Crippen MR) is 146 cm³/mol. The number of carbonyl (C=O) groups is 2. The van der Waals surface area contributed by atoms with Crippen LogP contribution in [0.1, 0.15) is 73.0 Å². The monoisotopic (exact) mass is 496 g/mol. The normalized spacial score (nSPS) is 15.7. The van der Waals surface area contributed by atoms with Gasteiger partial charge in [0.2, 0.25) is 0 Å². The molecule has 3 aromatic carbocycles. The van der Waals surface area contributed by atoms with Crippen LogP contribution in [0, 0.1) is 6.92 Å². The van der Waals surface area contributed by atoms with E-state index < -0.39 is 11.6 Å². The summed E-state index contributed by atoms with van der Waals surface area (Å²) in [6.45, 7) is 6.61. The lowest BCUT2D eigenvalue weighted by atomic mass is 9.85. The molecule has 6 heteroatoms. The molecular formula is C31H32N2O4. The number of rotatable bonds is 6. The van der Waals surface area contributed by atoms with Gasteiger partial charge in [-0.15, -0.1) is 0 Å². The summed E-state index contributed by atoms with van der Waals surface area (Å²) in [5, 5.41) is 16.7. The Labute approximate surface area is 216 Å². The van der Waals surface area contributed by atoms with Gasteiger partial charge in [0.15, 0.2) is 11.4 Å². The summed E-state index contributed by atoms with van der Waals surface area (Å²) in [6, 6.07) is 19.5. The summed E-state index contributed by atoms with van der Waals surface area (Å²) in [4.78, 5) is 31.0. The molecule has 37 heavy (non-hydrogen) atoms. The van der Waals surface area contributed by atoms with Crippen LogP contribution in [0.2, 0.25) is 0 Å². The van der Waals surface area contributed by atoms with Gasteiger partial charge in [-0.3, -0.25) is 4.79 Å². The van der Waals surface area contributed by atoms with Gasteiger partial charge in [0, 0.05) is 39.5 Å². The maximum atomic E-state index is 13.3. The minimum absolute atomic E-state index is 0.00106. The Morgan fingerprint density at radius 3 is 2.22 bits per heavy atom. The van der Waals surface area contributed by atoms with E-state index >= 15 is 0 Å². The van der Waals surface area contributed by atoms with Crippen LogP contribution >= 0.6 is 0 Å². The number of ketones is 1. The molecule has 0 bridgehead atoms. The van der Waals surface area contributed by atoms with Crippen LogP contribution in [-0.4, -0.2) is 32.7 Å². The predicted octanol–water partition coefficient (Wildman–Crippen LogP) is 6.32. The molecule has 0 aliphatic heterocycles. The summed E-state index contributed by atoms with van der Waals surface area (Å²) in [5.41, 5.74) is 4.31. The zero-order valence-corrected chi connectivity index (χ0v) is 21.6. The third kappa shape index (κ3) is 4.58. The highest BCUT2D eigenvalue weighted by Gasteiger charge is 2.39. The van der Waals surface area contributed by atoms with Crippen molar-refractivity contribution in [2.45, 2.75) is 65.0 Å². The van der Waals surface area contributed by atoms with Gasteiger partial charge in [-0.2, -0.15) is 0 Å². The Morgan fingerprint density at radius 1 is 0.946 bits per heavy atom. The fourth-order valence-electron chi connectivity index (χ4n) is 5.38. The Morgan fingerprint density at radius 2 is 1.57 bits per heavy atom. The van der Waals surface area contributed by atoms with Crippen molar-refractivity contribution < 1.29 is 19.5 Å². The highest BCUT2D eigenvalue weighted by Crippen LogP contribution is 2.32. The van der Waals surface area contributed by atoms with Crippen LogP contribution in [0.4, 0.5) is 0 Å².